The molecule has 6 nitrogen and oxygen atoms in total. The molecule has 1 rings (SSSR count). The maximum atomic E-state index is 13.5. The monoisotopic (exact) mass is 308 g/mol. The van der Waals surface area contributed by atoms with Crippen LogP contribution in [0.5, 0.6) is 0 Å². The van der Waals surface area contributed by atoms with Crippen molar-refractivity contribution in [2.24, 2.45) is 5.14 Å². The molecule has 112 valence electrons. The zero-order valence-corrected chi connectivity index (χ0v) is 11.5. The Morgan fingerprint density at radius 2 is 2.00 bits per heavy atom. The molecule has 0 aliphatic carbocycles. The van der Waals surface area contributed by atoms with Crippen LogP contribution in [0, 0.1) is 11.6 Å². The van der Waals surface area contributed by atoms with Crippen molar-refractivity contribution >= 4 is 15.9 Å². The number of carbonyl (C=O) groups excluding carboxylic acids is 1. The lowest BCUT2D eigenvalue weighted by Gasteiger charge is -2.08. The zero-order chi connectivity index (χ0) is 15.3. The average Bonchev–Trinajstić information content (AvgIpc) is 2.32. The highest BCUT2D eigenvalue weighted by molar-refractivity contribution is 7.89. The van der Waals surface area contributed by atoms with Gasteiger partial charge in [-0.25, -0.2) is 22.3 Å². The summed E-state index contributed by atoms with van der Waals surface area (Å²) in [6.45, 7) is 2.54. The Hall–Kier alpha value is -1.58. The lowest BCUT2D eigenvalue weighted by atomic mass is 10.2. The number of hydrogen-bond acceptors (Lipinski definition) is 4. The number of carbonyl (C=O) groups is 1. The van der Waals surface area contributed by atoms with Crippen LogP contribution >= 0.6 is 0 Å². The quantitative estimate of drug-likeness (QED) is 0.742. The van der Waals surface area contributed by atoms with Crippen molar-refractivity contribution in [1.29, 1.82) is 0 Å². The predicted molar refractivity (Wildman–Crippen MR) is 66.6 cm³/mol. The lowest BCUT2D eigenvalue weighted by Crippen LogP contribution is -2.28. The number of primary sulfonamides is 1. The maximum absolute atomic E-state index is 13.5. The van der Waals surface area contributed by atoms with E-state index in [-0.39, 0.29) is 13.2 Å². The zero-order valence-electron chi connectivity index (χ0n) is 10.7. The summed E-state index contributed by atoms with van der Waals surface area (Å²) < 4.78 is 53.9. The molecule has 0 aromatic heterocycles. The Bertz CT molecular complexity index is 605. The molecule has 1 aromatic rings. The number of sulfonamides is 1. The number of benzene rings is 1. The van der Waals surface area contributed by atoms with E-state index in [2.05, 4.69) is 5.32 Å². The summed E-state index contributed by atoms with van der Waals surface area (Å²) in [5, 5.41) is 7.09. The Balaban J connectivity index is 2.98. The topological polar surface area (TPSA) is 98.5 Å². The fraction of sp³-hybridized carbons (Fsp3) is 0.364. The molecule has 0 saturated carbocycles. The third-order valence-electron chi connectivity index (χ3n) is 2.31. The Kier molecular flexibility index (Phi) is 5.54. The molecule has 0 atom stereocenters. The minimum absolute atomic E-state index is 0.105. The first kappa shape index (κ1) is 16.5. The van der Waals surface area contributed by atoms with Gasteiger partial charge in [-0.3, -0.25) is 4.79 Å². The van der Waals surface area contributed by atoms with E-state index in [4.69, 9.17) is 9.88 Å². The number of rotatable bonds is 6. The van der Waals surface area contributed by atoms with E-state index < -0.39 is 38.0 Å². The molecule has 20 heavy (non-hydrogen) atoms. The largest absolute Gasteiger partial charge is 0.380 e. The summed E-state index contributed by atoms with van der Waals surface area (Å²) in [6.07, 6.45) is 0. The summed E-state index contributed by atoms with van der Waals surface area (Å²) in [5.74, 6) is -3.41. The highest BCUT2D eigenvalue weighted by Gasteiger charge is 2.21. The van der Waals surface area contributed by atoms with Gasteiger partial charge < -0.3 is 10.1 Å². The van der Waals surface area contributed by atoms with Gasteiger partial charge in [0.05, 0.1) is 12.2 Å². The minimum Gasteiger partial charge on any atom is -0.380 e. The molecule has 9 heteroatoms. The smallest absolute Gasteiger partial charge is 0.254 e. The summed E-state index contributed by atoms with van der Waals surface area (Å²) in [7, 11) is -4.38. The van der Waals surface area contributed by atoms with Crippen molar-refractivity contribution in [3.05, 3.63) is 29.3 Å². The van der Waals surface area contributed by atoms with Crippen LogP contribution in [-0.2, 0) is 14.8 Å². The van der Waals surface area contributed by atoms with Crippen LogP contribution in [0.2, 0.25) is 0 Å². The first-order valence-corrected chi connectivity index (χ1v) is 7.19. The second kappa shape index (κ2) is 6.73. The molecule has 0 spiro atoms. The summed E-state index contributed by atoms with van der Waals surface area (Å²) in [5.41, 5.74) is -0.605. The van der Waals surface area contributed by atoms with Gasteiger partial charge in [0.15, 0.2) is 0 Å². The molecule has 3 N–H and O–H groups in total. The highest BCUT2D eigenvalue weighted by atomic mass is 32.2. The van der Waals surface area contributed by atoms with Crippen molar-refractivity contribution < 1.29 is 26.7 Å². The molecule has 0 saturated heterocycles. The third-order valence-corrected chi connectivity index (χ3v) is 3.23. The number of nitrogens with one attached hydrogen (secondary N) is 1. The number of amides is 1. The Morgan fingerprint density at radius 3 is 2.55 bits per heavy atom. The van der Waals surface area contributed by atoms with Crippen LogP contribution in [-0.4, -0.2) is 34.1 Å². The number of halogens is 2. The van der Waals surface area contributed by atoms with Gasteiger partial charge in [0.2, 0.25) is 10.0 Å². The maximum Gasteiger partial charge on any atom is 0.254 e. The van der Waals surface area contributed by atoms with E-state index in [1.54, 1.807) is 6.92 Å². The predicted octanol–water partition coefficient (Wildman–Crippen LogP) is 0.379. The van der Waals surface area contributed by atoms with Crippen molar-refractivity contribution in [2.75, 3.05) is 19.8 Å². The van der Waals surface area contributed by atoms with Crippen molar-refractivity contribution in [3.63, 3.8) is 0 Å². The standard InChI is InChI=1S/C11H14F2N2O4S/c1-2-19-4-3-15-11(16)7-5-10(20(14,17)18)9(13)6-8(7)12/h5-6H,2-4H2,1H3,(H,15,16)(H2,14,17,18). The van der Waals surface area contributed by atoms with Crippen LogP contribution in [0.3, 0.4) is 0 Å². The Morgan fingerprint density at radius 1 is 1.35 bits per heavy atom. The van der Waals surface area contributed by atoms with Gasteiger partial charge in [-0.05, 0) is 13.0 Å². The third kappa shape index (κ3) is 4.22. The molecule has 0 fully saturated rings. The average molecular weight is 308 g/mol. The molecular weight excluding hydrogens is 294 g/mol. The Labute approximate surface area is 115 Å². The number of ether oxygens (including phenoxy) is 1. The SMILES string of the molecule is CCOCCNC(=O)c1cc(S(N)(=O)=O)c(F)cc1F. The molecule has 0 heterocycles. The molecule has 0 bridgehead atoms. The fourth-order valence-corrected chi connectivity index (χ4v) is 2.01. The molecule has 0 unspecified atom stereocenters. The van der Waals surface area contributed by atoms with Crippen molar-refractivity contribution in [3.8, 4) is 0 Å². The summed E-state index contributed by atoms with van der Waals surface area (Å²) in [6, 6.07) is 0.868. The van der Waals surface area contributed by atoms with E-state index in [1.165, 1.54) is 0 Å². The summed E-state index contributed by atoms with van der Waals surface area (Å²) in [4.78, 5) is 10.7. The number of hydrogen-bond donors (Lipinski definition) is 2. The van der Waals surface area contributed by atoms with E-state index >= 15 is 0 Å². The molecular formula is C11H14F2N2O4S. The minimum atomic E-state index is -4.38. The molecule has 0 radical (unpaired) electrons. The van der Waals surface area contributed by atoms with Gasteiger partial charge in [0, 0.05) is 19.2 Å². The normalized spacial score (nSPS) is 11.4. The first-order valence-electron chi connectivity index (χ1n) is 5.65. The second-order valence-electron chi connectivity index (χ2n) is 3.76. The van der Waals surface area contributed by atoms with E-state index in [0.717, 1.165) is 0 Å². The fourth-order valence-electron chi connectivity index (χ4n) is 1.40. The molecule has 1 amide bonds. The van der Waals surface area contributed by atoms with Crippen LogP contribution in [0.15, 0.2) is 17.0 Å². The number of nitrogens with two attached hydrogens (primary N) is 1. The van der Waals surface area contributed by atoms with E-state index in [0.29, 0.717) is 18.7 Å². The van der Waals surface area contributed by atoms with Gasteiger partial charge >= 0.3 is 0 Å². The van der Waals surface area contributed by atoms with Gasteiger partial charge in [0.1, 0.15) is 16.5 Å². The van der Waals surface area contributed by atoms with Crippen LogP contribution in [0.4, 0.5) is 8.78 Å². The van der Waals surface area contributed by atoms with Crippen LogP contribution < -0.4 is 10.5 Å². The second-order valence-corrected chi connectivity index (χ2v) is 5.29. The first-order chi connectivity index (χ1) is 9.27. The molecule has 0 aliphatic rings. The van der Waals surface area contributed by atoms with Crippen molar-refractivity contribution in [1.82, 2.24) is 5.32 Å². The van der Waals surface area contributed by atoms with E-state index in [9.17, 15) is 22.0 Å². The lowest BCUT2D eigenvalue weighted by molar-refractivity contribution is 0.0918. The van der Waals surface area contributed by atoms with E-state index in [1.807, 2.05) is 0 Å². The van der Waals surface area contributed by atoms with Gasteiger partial charge in [-0.2, -0.15) is 0 Å². The van der Waals surface area contributed by atoms with Gasteiger partial charge in [0.25, 0.3) is 5.91 Å². The van der Waals surface area contributed by atoms with Gasteiger partial charge in [-0.1, -0.05) is 0 Å². The molecule has 0 aliphatic heterocycles. The summed E-state index contributed by atoms with van der Waals surface area (Å²) >= 11 is 0. The van der Waals surface area contributed by atoms with Gasteiger partial charge in [-0.15, -0.1) is 0 Å². The molecule has 1 aromatic carbocycles. The van der Waals surface area contributed by atoms with Crippen LogP contribution in [0.1, 0.15) is 17.3 Å². The van der Waals surface area contributed by atoms with Crippen molar-refractivity contribution in [2.45, 2.75) is 11.8 Å². The highest BCUT2D eigenvalue weighted by Crippen LogP contribution is 2.18. The van der Waals surface area contributed by atoms with Crippen LogP contribution in [0.25, 0.3) is 0 Å².